The Bertz CT molecular complexity index is 834. The number of rotatable bonds is 7. The van der Waals surface area contributed by atoms with Gasteiger partial charge < -0.3 is 15.4 Å². The maximum absolute atomic E-state index is 12.3. The van der Waals surface area contributed by atoms with Crippen LogP contribution in [0.3, 0.4) is 0 Å². The molecule has 0 radical (unpaired) electrons. The summed E-state index contributed by atoms with van der Waals surface area (Å²) in [6, 6.07) is 17.6. The van der Waals surface area contributed by atoms with Crippen molar-refractivity contribution in [2.75, 3.05) is 25.0 Å². The number of carbonyl (C=O) groups is 2. The van der Waals surface area contributed by atoms with Crippen molar-refractivity contribution in [1.29, 1.82) is 0 Å². The topological polar surface area (TPSA) is 70.7 Å². The van der Waals surface area contributed by atoms with Gasteiger partial charge in [0.1, 0.15) is 0 Å². The van der Waals surface area contributed by atoms with E-state index in [0.717, 1.165) is 31.6 Å². The number of urea groups is 1. The lowest BCUT2D eigenvalue weighted by molar-refractivity contribution is -0.137. The van der Waals surface area contributed by atoms with Crippen LogP contribution in [0.5, 0.6) is 0 Å². The first-order valence-corrected chi connectivity index (χ1v) is 9.91. The third-order valence-corrected chi connectivity index (χ3v) is 4.72. The predicted molar refractivity (Wildman–Crippen MR) is 114 cm³/mol. The molecule has 6 nitrogen and oxygen atoms in total. The van der Waals surface area contributed by atoms with Crippen LogP contribution in [0.2, 0.25) is 0 Å². The maximum Gasteiger partial charge on any atom is 0.330 e. The molecule has 0 aliphatic carbocycles. The summed E-state index contributed by atoms with van der Waals surface area (Å²) in [5, 5.41) is 5.91. The smallest absolute Gasteiger partial charge is 0.330 e. The molecule has 1 atom stereocenters. The van der Waals surface area contributed by atoms with Gasteiger partial charge in [0.15, 0.2) is 0 Å². The molecule has 2 aromatic rings. The second-order valence-electron chi connectivity index (χ2n) is 7.01. The number of benzene rings is 2. The molecule has 1 heterocycles. The first-order chi connectivity index (χ1) is 14.1. The fourth-order valence-electron chi connectivity index (χ4n) is 3.32. The van der Waals surface area contributed by atoms with E-state index in [1.165, 1.54) is 11.6 Å². The highest BCUT2D eigenvalue weighted by molar-refractivity contribution is 5.90. The Morgan fingerprint density at radius 1 is 1.14 bits per heavy atom. The standard InChI is InChI=1S/C23H27N3O3/c1-2-29-22(27)13-10-18-8-11-20(12-9-18)24-23(28)25-21-14-15-26(17-21)16-19-6-4-3-5-7-19/h3-13,21H,2,14-17H2,1H3,(H2,24,25,28). The summed E-state index contributed by atoms with van der Waals surface area (Å²) in [4.78, 5) is 26.0. The highest BCUT2D eigenvalue weighted by Crippen LogP contribution is 2.14. The van der Waals surface area contributed by atoms with Gasteiger partial charge in [-0.2, -0.15) is 0 Å². The largest absolute Gasteiger partial charge is 0.463 e. The minimum absolute atomic E-state index is 0.144. The Labute approximate surface area is 171 Å². The molecule has 152 valence electrons. The molecule has 2 aromatic carbocycles. The SMILES string of the molecule is CCOC(=O)C=Cc1ccc(NC(=O)NC2CCN(Cc3ccccc3)C2)cc1. The van der Waals surface area contributed by atoms with Crippen molar-refractivity contribution in [1.82, 2.24) is 10.2 Å². The third-order valence-electron chi connectivity index (χ3n) is 4.72. The van der Waals surface area contributed by atoms with E-state index < -0.39 is 0 Å². The van der Waals surface area contributed by atoms with Gasteiger partial charge in [-0.05, 0) is 42.7 Å². The number of likely N-dealkylation sites (tertiary alicyclic amines) is 1. The monoisotopic (exact) mass is 393 g/mol. The molecule has 29 heavy (non-hydrogen) atoms. The second-order valence-corrected chi connectivity index (χ2v) is 7.01. The van der Waals surface area contributed by atoms with E-state index in [1.807, 2.05) is 30.3 Å². The van der Waals surface area contributed by atoms with Crippen molar-refractivity contribution in [3.05, 3.63) is 71.8 Å². The predicted octanol–water partition coefficient (Wildman–Crippen LogP) is 3.66. The highest BCUT2D eigenvalue weighted by atomic mass is 16.5. The van der Waals surface area contributed by atoms with Gasteiger partial charge in [0.2, 0.25) is 0 Å². The Morgan fingerprint density at radius 3 is 2.62 bits per heavy atom. The van der Waals surface area contributed by atoms with Crippen LogP contribution in [0.4, 0.5) is 10.5 Å². The van der Waals surface area contributed by atoms with Crippen molar-refractivity contribution >= 4 is 23.8 Å². The van der Waals surface area contributed by atoms with E-state index in [0.29, 0.717) is 12.3 Å². The lowest BCUT2D eigenvalue weighted by Crippen LogP contribution is -2.39. The maximum atomic E-state index is 12.3. The van der Waals surface area contributed by atoms with E-state index in [9.17, 15) is 9.59 Å². The van der Waals surface area contributed by atoms with Gasteiger partial charge in [0, 0.05) is 37.4 Å². The first kappa shape index (κ1) is 20.6. The summed E-state index contributed by atoms with van der Waals surface area (Å²) >= 11 is 0. The van der Waals surface area contributed by atoms with Gasteiger partial charge in [-0.3, -0.25) is 4.90 Å². The van der Waals surface area contributed by atoms with Crippen LogP contribution in [0, 0.1) is 0 Å². The van der Waals surface area contributed by atoms with Crippen LogP contribution >= 0.6 is 0 Å². The second kappa shape index (κ2) is 10.4. The average molecular weight is 393 g/mol. The summed E-state index contributed by atoms with van der Waals surface area (Å²) in [5.74, 6) is -0.369. The Balaban J connectivity index is 1.43. The van der Waals surface area contributed by atoms with Crippen molar-refractivity contribution < 1.29 is 14.3 Å². The van der Waals surface area contributed by atoms with E-state index in [1.54, 1.807) is 25.1 Å². The lowest BCUT2D eigenvalue weighted by Gasteiger charge is -2.17. The normalized spacial score (nSPS) is 16.7. The van der Waals surface area contributed by atoms with Crippen LogP contribution in [0.1, 0.15) is 24.5 Å². The number of nitrogens with one attached hydrogen (secondary N) is 2. The van der Waals surface area contributed by atoms with Crippen LogP contribution in [0.25, 0.3) is 6.08 Å². The Kier molecular flexibility index (Phi) is 7.41. The number of ether oxygens (including phenoxy) is 1. The van der Waals surface area contributed by atoms with Gasteiger partial charge in [-0.25, -0.2) is 9.59 Å². The number of carbonyl (C=O) groups excluding carboxylic acids is 2. The van der Waals surface area contributed by atoms with Gasteiger partial charge in [-0.1, -0.05) is 42.5 Å². The summed E-state index contributed by atoms with van der Waals surface area (Å²) in [6.07, 6.45) is 4.01. The van der Waals surface area contributed by atoms with E-state index >= 15 is 0 Å². The summed E-state index contributed by atoms with van der Waals surface area (Å²) in [5.41, 5.74) is 2.85. The third kappa shape index (κ3) is 6.76. The zero-order chi connectivity index (χ0) is 20.5. The number of esters is 1. The molecular weight excluding hydrogens is 366 g/mol. The molecule has 3 rings (SSSR count). The van der Waals surface area contributed by atoms with Gasteiger partial charge in [0.05, 0.1) is 6.61 Å². The summed E-state index contributed by atoms with van der Waals surface area (Å²) < 4.78 is 4.85. The van der Waals surface area contributed by atoms with E-state index in [-0.39, 0.29) is 18.0 Å². The Morgan fingerprint density at radius 2 is 1.90 bits per heavy atom. The van der Waals surface area contributed by atoms with Crippen LogP contribution in [-0.4, -0.2) is 42.6 Å². The van der Waals surface area contributed by atoms with E-state index in [4.69, 9.17) is 4.74 Å². The summed E-state index contributed by atoms with van der Waals surface area (Å²) in [6.45, 7) is 4.85. The molecular formula is C23H27N3O3. The van der Waals surface area contributed by atoms with Gasteiger partial charge in [-0.15, -0.1) is 0 Å². The van der Waals surface area contributed by atoms with Gasteiger partial charge in [0.25, 0.3) is 0 Å². The summed E-state index contributed by atoms with van der Waals surface area (Å²) in [7, 11) is 0. The molecule has 1 aliphatic rings. The van der Waals surface area contributed by atoms with Crippen molar-refractivity contribution in [2.45, 2.75) is 25.9 Å². The fourth-order valence-corrected chi connectivity index (χ4v) is 3.32. The quantitative estimate of drug-likeness (QED) is 0.556. The molecule has 1 fully saturated rings. The molecule has 1 saturated heterocycles. The van der Waals surface area contributed by atoms with Crippen LogP contribution < -0.4 is 10.6 Å². The molecule has 0 spiro atoms. The minimum Gasteiger partial charge on any atom is -0.463 e. The lowest BCUT2D eigenvalue weighted by atomic mass is 10.2. The average Bonchev–Trinajstić information content (AvgIpc) is 3.15. The number of nitrogens with zero attached hydrogens (tertiary/aromatic N) is 1. The number of hydrogen-bond acceptors (Lipinski definition) is 4. The van der Waals surface area contributed by atoms with Crippen molar-refractivity contribution in [3.63, 3.8) is 0 Å². The molecule has 1 aliphatic heterocycles. The van der Waals surface area contributed by atoms with Crippen molar-refractivity contribution in [3.8, 4) is 0 Å². The molecule has 2 amide bonds. The highest BCUT2D eigenvalue weighted by Gasteiger charge is 2.23. The minimum atomic E-state index is -0.369. The zero-order valence-corrected chi connectivity index (χ0v) is 16.6. The number of anilines is 1. The fraction of sp³-hybridized carbons (Fsp3) is 0.304. The molecule has 0 aromatic heterocycles. The van der Waals surface area contributed by atoms with Crippen molar-refractivity contribution in [2.24, 2.45) is 0 Å². The molecule has 1 unspecified atom stereocenters. The molecule has 0 saturated carbocycles. The number of amides is 2. The molecule has 0 bridgehead atoms. The van der Waals surface area contributed by atoms with E-state index in [2.05, 4.69) is 27.7 Å². The molecule has 6 heteroatoms. The van der Waals surface area contributed by atoms with Crippen LogP contribution in [0.15, 0.2) is 60.7 Å². The zero-order valence-electron chi connectivity index (χ0n) is 16.6. The van der Waals surface area contributed by atoms with Crippen LogP contribution in [-0.2, 0) is 16.1 Å². The first-order valence-electron chi connectivity index (χ1n) is 9.91. The Hall–Kier alpha value is -3.12. The molecule has 2 N–H and O–H groups in total. The van der Waals surface area contributed by atoms with Gasteiger partial charge >= 0.3 is 12.0 Å². The number of hydrogen-bond donors (Lipinski definition) is 2.